The molecule has 0 saturated heterocycles. The number of ketones is 1. The van der Waals surface area contributed by atoms with Crippen molar-refractivity contribution in [2.45, 2.75) is 96.8 Å². The van der Waals surface area contributed by atoms with Gasteiger partial charge in [-0.15, -0.1) is 0 Å². The van der Waals surface area contributed by atoms with Crippen molar-refractivity contribution >= 4 is 23.5 Å². The van der Waals surface area contributed by atoms with Gasteiger partial charge in [0.25, 0.3) is 0 Å². The molecule has 0 unspecified atom stereocenters. The fraction of sp³-hybridized carbons (Fsp3) is 0.500. The van der Waals surface area contributed by atoms with E-state index < -0.39 is 0 Å². The summed E-state index contributed by atoms with van der Waals surface area (Å²) in [5.74, 6) is 0.748. The summed E-state index contributed by atoms with van der Waals surface area (Å²) in [6, 6.07) is 14.6. The maximum absolute atomic E-state index is 12.4. The van der Waals surface area contributed by atoms with Gasteiger partial charge in [0.15, 0.2) is 5.78 Å². The van der Waals surface area contributed by atoms with Crippen LogP contribution in [-0.4, -0.2) is 18.8 Å². The first-order valence-electron chi connectivity index (χ1n) is 13.9. The van der Waals surface area contributed by atoms with Crippen LogP contribution in [0.1, 0.15) is 113 Å². The number of amides is 1. The van der Waals surface area contributed by atoms with Crippen molar-refractivity contribution in [3.63, 3.8) is 0 Å². The lowest BCUT2D eigenvalue weighted by Crippen LogP contribution is -2.11. The highest BCUT2D eigenvalue weighted by Crippen LogP contribution is 2.16. The van der Waals surface area contributed by atoms with Gasteiger partial charge in [-0.1, -0.05) is 102 Å². The van der Waals surface area contributed by atoms with Crippen molar-refractivity contribution in [1.82, 2.24) is 0 Å². The van der Waals surface area contributed by atoms with E-state index in [1.165, 1.54) is 70.6 Å². The van der Waals surface area contributed by atoms with Gasteiger partial charge < -0.3 is 10.1 Å². The minimum absolute atomic E-state index is 0.0385. The molecule has 4 nitrogen and oxygen atoms in total. The zero-order valence-corrected chi connectivity index (χ0v) is 22.4. The summed E-state index contributed by atoms with van der Waals surface area (Å²) in [7, 11) is 1.63. The number of anilines is 1. The molecule has 0 aromatic heterocycles. The van der Waals surface area contributed by atoms with Crippen LogP contribution in [-0.2, 0) is 4.79 Å². The van der Waals surface area contributed by atoms with E-state index in [0.717, 1.165) is 29.8 Å². The summed E-state index contributed by atoms with van der Waals surface area (Å²) < 4.78 is 5.14. The van der Waals surface area contributed by atoms with E-state index in [0.29, 0.717) is 12.0 Å². The highest BCUT2D eigenvalue weighted by Gasteiger charge is 2.05. The molecule has 2 aromatic rings. The van der Waals surface area contributed by atoms with E-state index >= 15 is 0 Å². The molecule has 0 aliphatic rings. The standard InChI is InChI=1S/C32H45NO3/c1-3-4-5-6-7-8-9-10-11-12-13-14-15-16-32(35)33-29-22-20-28(21-23-29)31(34)26-19-27-17-24-30(36-2)25-18-27/h17-26H,3-16H2,1-2H3,(H,33,35)/b26-19+. The molecule has 0 aliphatic heterocycles. The van der Waals surface area contributed by atoms with Gasteiger partial charge in [0.05, 0.1) is 7.11 Å². The average Bonchev–Trinajstić information content (AvgIpc) is 2.90. The molecule has 1 amide bonds. The van der Waals surface area contributed by atoms with Gasteiger partial charge in [0.2, 0.25) is 5.91 Å². The minimum atomic E-state index is -0.0735. The first-order valence-corrected chi connectivity index (χ1v) is 13.9. The molecule has 0 heterocycles. The molecule has 0 radical (unpaired) electrons. The van der Waals surface area contributed by atoms with Gasteiger partial charge in [-0.2, -0.15) is 0 Å². The SMILES string of the molecule is CCCCCCCCCCCCCCCC(=O)Nc1ccc(C(=O)/C=C/c2ccc(OC)cc2)cc1. The Bertz CT molecular complexity index is 900. The molecule has 2 rings (SSSR count). The molecule has 0 fully saturated rings. The molecular formula is C32H45NO3. The van der Waals surface area contributed by atoms with E-state index in [2.05, 4.69) is 12.2 Å². The third kappa shape index (κ3) is 12.7. The zero-order valence-electron chi connectivity index (χ0n) is 22.4. The van der Waals surface area contributed by atoms with Crippen molar-refractivity contribution in [3.8, 4) is 5.75 Å². The number of unbranched alkanes of at least 4 members (excludes halogenated alkanes) is 12. The molecular weight excluding hydrogens is 446 g/mol. The number of hydrogen-bond donors (Lipinski definition) is 1. The fourth-order valence-corrected chi connectivity index (χ4v) is 4.23. The number of ether oxygens (including phenoxy) is 1. The van der Waals surface area contributed by atoms with E-state index in [-0.39, 0.29) is 11.7 Å². The second kappa shape index (κ2) is 18.4. The van der Waals surface area contributed by atoms with Crippen molar-refractivity contribution in [3.05, 3.63) is 65.7 Å². The second-order valence-corrected chi connectivity index (χ2v) is 9.59. The molecule has 0 saturated carbocycles. The van der Waals surface area contributed by atoms with Crippen LogP contribution in [0.3, 0.4) is 0 Å². The maximum Gasteiger partial charge on any atom is 0.224 e. The molecule has 36 heavy (non-hydrogen) atoms. The van der Waals surface area contributed by atoms with Gasteiger partial charge in [-0.3, -0.25) is 9.59 Å². The lowest BCUT2D eigenvalue weighted by atomic mass is 10.0. The fourth-order valence-electron chi connectivity index (χ4n) is 4.23. The molecule has 0 atom stereocenters. The first kappa shape index (κ1) is 29.4. The molecule has 0 spiro atoms. The third-order valence-corrected chi connectivity index (χ3v) is 6.50. The highest BCUT2D eigenvalue weighted by molar-refractivity contribution is 6.07. The van der Waals surface area contributed by atoms with E-state index in [1.54, 1.807) is 43.5 Å². The predicted octanol–water partition coefficient (Wildman–Crippen LogP) is 9.01. The molecule has 0 aliphatic carbocycles. The van der Waals surface area contributed by atoms with Gasteiger partial charge in [-0.05, 0) is 54.5 Å². The smallest absolute Gasteiger partial charge is 0.224 e. The van der Waals surface area contributed by atoms with Gasteiger partial charge in [0, 0.05) is 17.7 Å². The topological polar surface area (TPSA) is 55.4 Å². The highest BCUT2D eigenvalue weighted by atomic mass is 16.5. The number of benzene rings is 2. The first-order chi connectivity index (χ1) is 17.6. The van der Waals surface area contributed by atoms with Crippen LogP contribution in [0.15, 0.2) is 54.6 Å². The Morgan fingerprint density at radius 2 is 1.25 bits per heavy atom. The van der Waals surface area contributed by atoms with E-state index in [4.69, 9.17) is 4.74 Å². The summed E-state index contributed by atoms with van der Waals surface area (Å²) in [6.07, 6.45) is 20.8. The minimum Gasteiger partial charge on any atom is -0.497 e. The van der Waals surface area contributed by atoms with Crippen LogP contribution < -0.4 is 10.1 Å². The van der Waals surface area contributed by atoms with Crippen LogP contribution in [0.4, 0.5) is 5.69 Å². The maximum atomic E-state index is 12.4. The largest absolute Gasteiger partial charge is 0.497 e. The number of nitrogens with one attached hydrogen (secondary N) is 1. The molecule has 196 valence electrons. The summed E-state index contributed by atoms with van der Waals surface area (Å²) in [5.41, 5.74) is 2.25. The van der Waals surface area contributed by atoms with Crippen LogP contribution in [0.25, 0.3) is 6.08 Å². The lowest BCUT2D eigenvalue weighted by molar-refractivity contribution is -0.116. The summed E-state index contributed by atoms with van der Waals surface area (Å²) in [4.78, 5) is 24.7. The van der Waals surface area contributed by atoms with Crippen molar-refractivity contribution in [1.29, 1.82) is 0 Å². The summed E-state index contributed by atoms with van der Waals surface area (Å²) >= 11 is 0. The number of carbonyl (C=O) groups excluding carboxylic acids is 2. The third-order valence-electron chi connectivity index (χ3n) is 6.50. The Kier molecular flexibility index (Phi) is 15.0. The Morgan fingerprint density at radius 3 is 1.78 bits per heavy atom. The molecule has 0 bridgehead atoms. The van der Waals surface area contributed by atoms with Crippen molar-refractivity contribution in [2.75, 3.05) is 12.4 Å². The van der Waals surface area contributed by atoms with E-state index in [9.17, 15) is 9.59 Å². The van der Waals surface area contributed by atoms with Crippen LogP contribution >= 0.6 is 0 Å². The van der Waals surface area contributed by atoms with Crippen molar-refractivity contribution < 1.29 is 14.3 Å². The Hall–Kier alpha value is -2.88. The number of rotatable bonds is 19. The summed E-state index contributed by atoms with van der Waals surface area (Å²) in [5, 5.41) is 2.94. The van der Waals surface area contributed by atoms with Crippen molar-refractivity contribution in [2.24, 2.45) is 0 Å². The molecule has 4 heteroatoms. The number of hydrogen-bond acceptors (Lipinski definition) is 3. The summed E-state index contributed by atoms with van der Waals surface area (Å²) in [6.45, 7) is 2.26. The van der Waals surface area contributed by atoms with Crippen LogP contribution in [0.2, 0.25) is 0 Å². The predicted molar refractivity (Wildman–Crippen MR) is 152 cm³/mol. The van der Waals surface area contributed by atoms with Crippen LogP contribution in [0, 0.1) is 0 Å². The normalized spacial score (nSPS) is 11.1. The number of carbonyl (C=O) groups is 2. The zero-order chi connectivity index (χ0) is 25.8. The monoisotopic (exact) mass is 491 g/mol. The lowest BCUT2D eigenvalue weighted by Gasteiger charge is -2.06. The number of methoxy groups -OCH3 is 1. The van der Waals surface area contributed by atoms with E-state index in [1.807, 2.05) is 24.3 Å². The van der Waals surface area contributed by atoms with Gasteiger partial charge in [0.1, 0.15) is 5.75 Å². The molecule has 1 N–H and O–H groups in total. The average molecular weight is 492 g/mol. The van der Waals surface area contributed by atoms with Gasteiger partial charge in [-0.25, -0.2) is 0 Å². The molecule has 2 aromatic carbocycles. The quantitative estimate of drug-likeness (QED) is 0.121. The Balaban J connectivity index is 1.55. The van der Waals surface area contributed by atoms with Gasteiger partial charge >= 0.3 is 0 Å². The van der Waals surface area contributed by atoms with Crippen LogP contribution in [0.5, 0.6) is 5.75 Å². The Morgan fingerprint density at radius 1 is 0.722 bits per heavy atom. The Labute approximate surface area is 218 Å². The second-order valence-electron chi connectivity index (χ2n) is 9.59. The number of allylic oxidation sites excluding steroid dienone is 1.